The molecule has 7 aliphatic rings. The van der Waals surface area contributed by atoms with E-state index in [0.29, 0.717) is 41.3 Å². The fourth-order valence-corrected chi connectivity index (χ4v) is 9.31. The molecule has 6 fully saturated rings. The summed E-state index contributed by atoms with van der Waals surface area (Å²) >= 11 is 0. The van der Waals surface area contributed by atoms with Gasteiger partial charge in [-0.3, -0.25) is 4.79 Å². The molecule has 7 rings (SSSR count). The van der Waals surface area contributed by atoms with E-state index in [1.54, 1.807) is 0 Å². The van der Waals surface area contributed by atoms with Crippen molar-refractivity contribution in [3.63, 3.8) is 0 Å². The first-order chi connectivity index (χ1) is 15.5. The summed E-state index contributed by atoms with van der Waals surface area (Å²) in [5, 5.41) is 3.74. The van der Waals surface area contributed by atoms with Crippen LogP contribution < -0.4 is 5.32 Å². The normalized spacial score (nSPS) is 48.8. The first-order valence-corrected chi connectivity index (χ1v) is 13.6. The molecule has 3 saturated heterocycles. The van der Waals surface area contributed by atoms with Gasteiger partial charge in [-0.2, -0.15) is 0 Å². The minimum Gasteiger partial charge on any atom is -0.387 e. The Kier molecular flexibility index (Phi) is 4.64. The SMILES string of the molecule is CC1=CC=C2NCC(C)(C(C)CC(=O)N3C4CC5(C)CC3CC(C)(C4)C5)C2(C)C1OC1CC1. The molecule has 4 nitrogen and oxygen atoms in total. The maximum Gasteiger partial charge on any atom is 0.223 e. The summed E-state index contributed by atoms with van der Waals surface area (Å²) in [4.78, 5) is 16.3. The van der Waals surface area contributed by atoms with Crippen LogP contribution in [-0.4, -0.2) is 41.6 Å². The Hall–Kier alpha value is -1.29. The van der Waals surface area contributed by atoms with Crippen molar-refractivity contribution in [2.45, 2.75) is 117 Å². The molecular formula is C29H44N2O2. The Balaban J connectivity index is 1.23. The Bertz CT molecular complexity index is 896. The number of ether oxygens (including phenoxy) is 1. The molecule has 3 aliphatic heterocycles. The Labute approximate surface area is 200 Å². The molecule has 182 valence electrons. The highest BCUT2D eigenvalue weighted by atomic mass is 16.5. The highest BCUT2D eigenvalue weighted by molar-refractivity contribution is 5.78. The van der Waals surface area contributed by atoms with Crippen LogP contribution in [-0.2, 0) is 9.53 Å². The van der Waals surface area contributed by atoms with Crippen LogP contribution in [0.5, 0.6) is 0 Å². The lowest BCUT2D eigenvalue weighted by Crippen LogP contribution is -2.65. The summed E-state index contributed by atoms with van der Waals surface area (Å²) in [6, 6.07) is 0.930. The van der Waals surface area contributed by atoms with Gasteiger partial charge in [-0.25, -0.2) is 0 Å². The number of piperidine rings is 2. The molecule has 4 bridgehead atoms. The molecule has 33 heavy (non-hydrogen) atoms. The van der Waals surface area contributed by atoms with Gasteiger partial charge < -0.3 is 15.0 Å². The second kappa shape index (κ2) is 6.89. The zero-order valence-electron chi connectivity index (χ0n) is 21.7. The van der Waals surface area contributed by atoms with Crippen molar-refractivity contribution >= 4 is 5.91 Å². The van der Waals surface area contributed by atoms with E-state index >= 15 is 0 Å². The predicted octanol–water partition coefficient (Wildman–Crippen LogP) is 5.59. The van der Waals surface area contributed by atoms with E-state index in [1.165, 1.54) is 56.2 Å². The Morgan fingerprint density at radius 2 is 1.70 bits per heavy atom. The van der Waals surface area contributed by atoms with Crippen LogP contribution >= 0.6 is 0 Å². The van der Waals surface area contributed by atoms with Crippen molar-refractivity contribution in [3.05, 3.63) is 23.4 Å². The van der Waals surface area contributed by atoms with Gasteiger partial charge in [0.15, 0.2) is 0 Å². The van der Waals surface area contributed by atoms with Crippen LogP contribution in [0.3, 0.4) is 0 Å². The van der Waals surface area contributed by atoms with E-state index < -0.39 is 0 Å². The summed E-state index contributed by atoms with van der Waals surface area (Å²) in [6.45, 7) is 15.2. The molecule has 1 amide bonds. The number of carbonyl (C=O) groups excluding carboxylic acids is 1. The molecule has 0 radical (unpaired) electrons. The van der Waals surface area contributed by atoms with Crippen molar-refractivity contribution in [1.82, 2.24) is 10.2 Å². The van der Waals surface area contributed by atoms with Gasteiger partial charge in [-0.15, -0.1) is 0 Å². The van der Waals surface area contributed by atoms with Crippen LogP contribution in [0.25, 0.3) is 0 Å². The first kappa shape index (κ1) is 22.2. The Morgan fingerprint density at radius 3 is 2.27 bits per heavy atom. The van der Waals surface area contributed by atoms with E-state index in [0.717, 1.165) is 6.54 Å². The summed E-state index contributed by atoms with van der Waals surface area (Å²) < 4.78 is 6.65. The monoisotopic (exact) mass is 452 g/mol. The highest BCUT2D eigenvalue weighted by Crippen LogP contribution is 2.62. The standard InChI is InChI=1S/C29H44N2O2/c1-18-7-10-23-29(6,25(18)33-22-8-9-22)28(5,17-30-23)19(2)11-24(32)31-20-12-26(3)13-21(31)15-27(4,14-20)16-26/h7,10,19-22,25,30H,8-9,11-17H2,1-6H3. The van der Waals surface area contributed by atoms with E-state index in [2.05, 4.69) is 63.9 Å². The van der Waals surface area contributed by atoms with Crippen LogP contribution in [0, 0.1) is 27.6 Å². The predicted molar refractivity (Wildman–Crippen MR) is 131 cm³/mol. The molecule has 1 N–H and O–H groups in total. The average molecular weight is 453 g/mol. The maximum atomic E-state index is 13.9. The van der Waals surface area contributed by atoms with Crippen LogP contribution in [0.1, 0.15) is 92.9 Å². The van der Waals surface area contributed by atoms with E-state index in [1.807, 2.05) is 0 Å². The number of nitrogens with zero attached hydrogens (tertiary/aromatic N) is 1. The smallest absolute Gasteiger partial charge is 0.223 e. The van der Waals surface area contributed by atoms with Crippen LogP contribution in [0.15, 0.2) is 23.4 Å². The molecule has 4 atom stereocenters. The van der Waals surface area contributed by atoms with Crippen molar-refractivity contribution in [2.75, 3.05) is 6.54 Å². The van der Waals surface area contributed by atoms with Crippen molar-refractivity contribution in [1.29, 1.82) is 0 Å². The third-order valence-electron chi connectivity index (χ3n) is 11.1. The number of fused-ring (bicyclic) bond motifs is 1. The lowest BCUT2D eigenvalue weighted by atomic mass is 9.50. The lowest BCUT2D eigenvalue weighted by Gasteiger charge is -2.65. The maximum absolute atomic E-state index is 13.9. The number of hydrogen-bond donors (Lipinski definition) is 1. The van der Waals surface area contributed by atoms with Crippen molar-refractivity contribution in [2.24, 2.45) is 27.6 Å². The van der Waals surface area contributed by atoms with Gasteiger partial charge in [0.25, 0.3) is 0 Å². The van der Waals surface area contributed by atoms with Gasteiger partial charge in [0, 0.05) is 41.6 Å². The van der Waals surface area contributed by atoms with Gasteiger partial charge in [0.1, 0.15) is 0 Å². The minimum absolute atomic E-state index is 0.0332. The molecule has 4 heteroatoms. The number of carbonyl (C=O) groups is 1. The summed E-state index contributed by atoms with van der Waals surface area (Å²) in [5.41, 5.74) is 3.39. The quantitative estimate of drug-likeness (QED) is 0.591. The summed E-state index contributed by atoms with van der Waals surface area (Å²) in [5.74, 6) is 0.696. The zero-order chi connectivity index (χ0) is 23.4. The molecule has 0 aromatic heterocycles. The van der Waals surface area contributed by atoms with Gasteiger partial charge in [0.05, 0.1) is 12.2 Å². The molecule has 0 aromatic rings. The van der Waals surface area contributed by atoms with Crippen LogP contribution in [0.2, 0.25) is 0 Å². The van der Waals surface area contributed by atoms with Gasteiger partial charge in [-0.05, 0) is 80.3 Å². The van der Waals surface area contributed by atoms with Crippen molar-refractivity contribution in [3.8, 4) is 0 Å². The first-order valence-electron chi connectivity index (χ1n) is 13.6. The lowest BCUT2D eigenvalue weighted by molar-refractivity contribution is -0.170. The zero-order valence-corrected chi connectivity index (χ0v) is 21.7. The number of rotatable bonds is 5. The van der Waals surface area contributed by atoms with E-state index in [9.17, 15) is 4.79 Å². The summed E-state index contributed by atoms with van der Waals surface area (Å²) in [6.07, 6.45) is 14.3. The Morgan fingerprint density at radius 1 is 1.09 bits per heavy atom. The van der Waals surface area contributed by atoms with E-state index in [4.69, 9.17) is 4.74 Å². The molecule has 3 heterocycles. The van der Waals surface area contributed by atoms with Crippen molar-refractivity contribution < 1.29 is 9.53 Å². The number of hydrogen-bond acceptors (Lipinski definition) is 3. The fraction of sp³-hybridized carbons (Fsp3) is 0.828. The number of nitrogens with one attached hydrogen (secondary N) is 1. The molecule has 3 saturated carbocycles. The van der Waals surface area contributed by atoms with Gasteiger partial charge in [-0.1, -0.05) is 40.7 Å². The van der Waals surface area contributed by atoms with E-state index in [-0.39, 0.29) is 22.9 Å². The minimum atomic E-state index is -0.117. The summed E-state index contributed by atoms with van der Waals surface area (Å²) in [7, 11) is 0. The van der Waals surface area contributed by atoms with Gasteiger partial charge in [0.2, 0.25) is 5.91 Å². The fourth-order valence-electron chi connectivity index (χ4n) is 9.31. The second-order valence-electron chi connectivity index (χ2n) is 14.0. The second-order valence-corrected chi connectivity index (χ2v) is 14.0. The highest BCUT2D eigenvalue weighted by Gasteiger charge is 2.62. The van der Waals surface area contributed by atoms with Gasteiger partial charge >= 0.3 is 0 Å². The third-order valence-corrected chi connectivity index (χ3v) is 11.1. The number of amides is 1. The third kappa shape index (κ3) is 3.15. The van der Waals surface area contributed by atoms with Crippen LogP contribution in [0.4, 0.5) is 0 Å². The molecule has 0 spiro atoms. The average Bonchev–Trinajstić information content (AvgIpc) is 3.47. The number of allylic oxidation sites excluding steroid dienone is 2. The largest absolute Gasteiger partial charge is 0.387 e. The molecule has 4 aliphatic carbocycles. The molecule has 0 aromatic carbocycles. The molecular weight excluding hydrogens is 408 g/mol. The molecule has 4 unspecified atom stereocenters. The topological polar surface area (TPSA) is 41.6 Å².